The minimum atomic E-state index is -0.0280. The lowest BCUT2D eigenvalue weighted by molar-refractivity contribution is -0.139. The highest BCUT2D eigenvalue weighted by Crippen LogP contribution is 2.32. The predicted molar refractivity (Wildman–Crippen MR) is 92.6 cm³/mol. The minimum Gasteiger partial charge on any atom is -0.383 e. The molecule has 2 aliphatic rings. The van der Waals surface area contributed by atoms with Gasteiger partial charge in [-0.05, 0) is 24.3 Å². The number of benzene rings is 1. The quantitative estimate of drug-likeness (QED) is 0.805. The van der Waals surface area contributed by atoms with Gasteiger partial charge in [0.2, 0.25) is 5.91 Å². The minimum absolute atomic E-state index is 0.0280. The topological polar surface area (TPSA) is 50.8 Å². The zero-order valence-electron chi connectivity index (χ0n) is 14.4. The van der Waals surface area contributed by atoms with Gasteiger partial charge in [0.05, 0.1) is 25.2 Å². The van der Waals surface area contributed by atoms with E-state index in [1.165, 1.54) is 5.56 Å². The Morgan fingerprint density at radius 2 is 2.21 bits per heavy atom. The van der Waals surface area contributed by atoms with E-state index in [-0.39, 0.29) is 11.8 Å². The van der Waals surface area contributed by atoms with Gasteiger partial charge >= 0.3 is 0 Å². The average Bonchev–Trinajstić information content (AvgIpc) is 2.62. The maximum atomic E-state index is 12.3. The number of nitrogens with zero attached hydrogens (tertiary/aromatic N) is 1. The predicted octanol–water partition coefficient (Wildman–Crippen LogP) is 1.68. The van der Waals surface area contributed by atoms with E-state index in [1.807, 2.05) is 0 Å². The zero-order chi connectivity index (χ0) is 16.8. The van der Waals surface area contributed by atoms with Crippen LogP contribution in [0.5, 0.6) is 0 Å². The number of carbonyl (C=O) groups is 1. The van der Waals surface area contributed by atoms with E-state index in [0.717, 1.165) is 32.5 Å². The van der Waals surface area contributed by atoms with Gasteiger partial charge < -0.3 is 14.8 Å². The smallest absolute Gasteiger partial charge is 0.225 e. The summed E-state index contributed by atoms with van der Waals surface area (Å²) in [7, 11) is 1.64. The third-order valence-electron chi connectivity index (χ3n) is 5.07. The maximum absolute atomic E-state index is 12.3. The number of amides is 1. The second kappa shape index (κ2) is 8.60. The van der Waals surface area contributed by atoms with Crippen LogP contribution in [0.3, 0.4) is 0 Å². The summed E-state index contributed by atoms with van der Waals surface area (Å²) in [6.45, 7) is 4.74. The lowest BCUT2D eigenvalue weighted by Crippen LogP contribution is -2.50. The first-order valence-corrected chi connectivity index (χ1v) is 8.91. The van der Waals surface area contributed by atoms with Crippen LogP contribution < -0.4 is 5.32 Å². The number of nitrogens with one attached hydrogen (secondary N) is 1. The van der Waals surface area contributed by atoms with Gasteiger partial charge in [-0.3, -0.25) is 9.69 Å². The fourth-order valence-corrected chi connectivity index (χ4v) is 3.79. The van der Waals surface area contributed by atoms with Crippen LogP contribution in [-0.2, 0) is 20.8 Å². The molecule has 3 rings (SSSR count). The molecule has 1 aromatic carbocycles. The molecule has 2 heterocycles. The summed E-state index contributed by atoms with van der Waals surface area (Å²) in [6, 6.07) is 10.6. The molecule has 2 fully saturated rings. The molecule has 0 unspecified atom stereocenters. The van der Waals surface area contributed by atoms with Crippen molar-refractivity contribution in [2.75, 3.05) is 40.0 Å². The number of piperidine rings is 1. The van der Waals surface area contributed by atoms with Crippen LogP contribution in [-0.4, -0.2) is 56.9 Å². The largest absolute Gasteiger partial charge is 0.383 e. The Balaban J connectivity index is 1.51. The van der Waals surface area contributed by atoms with Crippen LogP contribution >= 0.6 is 0 Å². The summed E-state index contributed by atoms with van der Waals surface area (Å²) in [5.41, 5.74) is 1.35. The Labute approximate surface area is 144 Å². The third-order valence-corrected chi connectivity index (χ3v) is 5.07. The summed E-state index contributed by atoms with van der Waals surface area (Å²) in [4.78, 5) is 14.8. The standard InChI is InChI=1S/C19H28N2O3/c1-23-10-8-20-19(22)17-11-16-13-21(9-7-18(16)24-14-17)12-15-5-3-2-4-6-15/h2-6,16-18H,7-14H2,1H3,(H,20,22)/t16-,17-,18+/m0/s1. The summed E-state index contributed by atoms with van der Waals surface area (Å²) in [5.74, 6) is 0.528. The first-order chi connectivity index (χ1) is 11.8. The molecular formula is C19H28N2O3. The molecule has 1 amide bonds. The Morgan fingerprint density at radius 3 is 3.00 bits per heavy atom. The van der Waals surface area contributed by atoms with Crippen molar-refractivity contribution in [2.24, 2.45) is 11.8 Å². The Morgan fingerprint density at radius 1 is 1.38 bits per heavy atom. The highest BCUT2D eigenvalue weighted by molar-refractivity contribution is 5.78. The lowest BCUT2D eigenvalue weighted by Gasteiger charge is -2.43. The third kappa shape index (κ3) is 4.56. The number of likely N-dealkylation sites (tertiary alicyclic amines) is 1. The fourth-order valence-electron chi connectivity index (χ4n) is 3.79. The first-order valence-electron chi connectivity index (χ1n) is 8.91. The molecule has 0 aliphatic carbocycles. The van der Waals surface area contributed by atoms with Crippen LogP contribution in [0.1, 0.15) is 18.4 Å². The van der Waals surface area contributed by atoms with Gasteiger partial charge in [0.15, 0.2) is 0 Å². The van der Waals surface area contributed by atoms with Crippen LogP contribution in [0.15, 0.2) is 30.3 Å². The van der Waals surface area contributed by atoms with Gasteiger partial charge in [0, 0.05) is 33.3 Å². The summed E-state index contributed by atoms with van der Waals surface area (Å²) < 4.78 is 11.0. The Kier molecular flexibility index (Phi) is 6.24. The van der Waals surface area contributed by atoms with E-state index >= 15 is 0 Å². The van der Waals surface area contributed by atoms with Crippen molar-refractivity contribution >= 4 is 5.91 Å². The van der Waals surface area contributed by atoms with Gasteiger partial charge in [-0.15, -0.1) is 0 Å². The van der Waals surface area contributed by atoms with Gasteiger partial charge in [0.25, 0.3) is 0 Å². The second-order valence-corrected chi connectivity index (χ2v) is 6.86. The van der Waals surface area contributed by atoms with Crippen LogP contribution in [0.2, 0.25) is 0 Å². The van der Waals surface area contributed by atoms with E-state index in [1.54, 1.807) is 7.11 Å². The molecule has 5 heteroatoms. The molecule has 0 spiro atoms. The zero-order valence-corrected chi connectivity index (χ0v) is 14.4. The van der Waals surface area contributed by atoms with Crippen molar-refractivity contribution < 1.29 is 14.3 Å². The number of fused-ring (bicyclic) bond motifs is 1. The maximum Gasteiger partial charge on any atom is 0.225 e. The van der Waals surface area contributed by atoms with Crippen LogP contribution in [0.4, 0.5) is 0 Å². The average molecular weight is 332 g/mol. The van der Waals surface area contributed by atoms with Crippen molar-refractivity contribution in [3.8, 4) is 0 Å². The van der Waals surface area contributed by atoms with E-state index in [2.05, 4.69) is 40.5 Å². The summed E-state index contributed by atoms with van der Waals surface area (Å²) in [6.07, 6.45) is 2.31. The van der Waals surface area contributed by atoms with Crippen molar-refractivity contribution in [2.45, 2.75) is 25.5 Å². The summed E-state index contributed by atoms with van der Waals surface area (Å²) in [5, 5.41) is 2.94. The molecule has 0 radical (unpaired) electrons. The SMILES string of the molecule is COCCNC(=O)[C@@H]1CO[C@@H]2CCN(Cc3ccccc3)C[C@@H]2C1. The lowest BCUT2D eigenvalue weighted by atomic mass is 9.83. The van der Waals surface area contributed by atoms with Gasteiger partial charge in [0.1, 0.15) is 0 Å². The number of methoxy groups -OCH3 is 1. The molecular weight excluding hydrogens is 304 g/mol. The van der Waals surface area contributed by atoms with Crippen molar-refractivity contribution in [3.05, 3.63) is 35.9 Å². The number of hydrogen-bond donors (Lipinski definition) is 1. The molecule has 1 N–H and O–H groups in total. The van der Waals surface area contributed by atoms with Crippen LogP contribution in [0, 0.1) is 11.8 Å². The monoisotopic (exact) mass is 332 g/mol. The van der Waals surface area contributed by atoms with Crippen molar-refractivity contribution in [1.82, 2.24) is 10.2 Å². The number of rotatable bonds is 6. The fraction of sp³-hybridized carbons (Fsp3) is 0.632. The first kappa shape index (κ1) is 17.4. The second-order valence-electron chi connectivity index (χ2n) is 6.86. The van der Waals surface area contributed by atoms with E-state index in [4.69, 9.17) is 9.47 Å². The molecule has 132 valence electrons. The Hall–Kier alpha value is -1.43. The van der Waals surface area contributed by atoms with E-state index in [0.29, 0.717) is 31.8 Å². The number of hydrogen-bond acceptors (Lipinski definition) is 4. The molecule has 3 atom stereocenters. The summed E-state index contributed by atoms with van der Waals surface area (Å²) >= 11 is 0. The van der Waals surface area contributed by atoms with Crippen LogP contribution in [0.25, 0.3) is 0 Å². The molecule has 0 aromatic heterocycles. The number of ether oxygens (including phenoxy) is 2. The van der Waals surface area contributed by atoms with Gasteiger partial charge in [-0.25, -0.2) is 0 Å². The molecule has 0 saturated carbocycles. The highest BCUT2D eigenvalue weighted by Gasteiger charge is 2.38. The normalized spacial score (nSPS) is 27.5. The molecule has 2 aliphatic heterocycles. The van der Waals surface area contributed by atoms with E-state index in [9.17, 15) is 4.79 Å². The van der Waals surface area contributed by atoms with Gasteiger partial charge in [-0.2, -0.15) is 0 Å². The molecule has 24 heavy (non-hydrogen) atoms. The number of carbonyl (C=O) groups excluding carboxylic acids is 1. The van der Waals surface area contributed by atoms with E-state index < -0.39 is 0 Å². The molecule has 5 nitrogen and oxygen atoms in total. The molecule has 2 saturated heterocycles. The molecule has 0 bridgehead atoms. The van der Waals surface area contributed by atoms with Crippen molar-refractivity contribution in [1.29, 1.82) is 0 Å². The van der Waals surface area contributed by atoms with Crippen molar-refractivity contribution in [3.63, 3.8) is 0 Å². The molecule has 1 aromatic rings. The van der Waals surface area contributed by atoms with Gasteiger partial charge in [-0.1, -0.05) is 30.3 Å². The Bertz CT molecular complexity index is 523. The highest BCUT2D eigenvalue weighted by atomic mass is 16.5.